The molecule has 0 saturated carbocycles. The Morgan fingerprint density at radius 1 is 1.48 bits per heavy atom. The molecule has 2 N–H and O–H groups in total. The summed E-state index contributed by atoms with van der Waals surface area (Å²) in [4.78, 5) is 12.4. The zero-order chi connectivity index (χ0) is 14.5. The molecule has 1 saturated heterocycles. The maximum Gasteiger partial charge on any atom is 0.227 e. The van der Waals surface area contributed by atoms with E-state index in [2.05, 4.69) is 17.6 Å². The molecule has 0 aromatic heterocycles. The number of ether oxygens (including phenoxy) is 1. The second-order valence-corrected chi connectivity index (χ2v) is 5.58. The van der Waals surface area contributed by atoms with Crippen molar-refractivity contribution < 1.29 is 9.53 Å². The predicted molar refractivity (Wildman–Crippen MR) is 87.2 cm³/mol. The van der Waals surface area contributed by atoms with Crippen molar-refractivity contribution >= 4 is 18.3 Å². The summed E-state index contributed by atoms with van der Waals surface area (Å²) in [5.74, 6) is 1.20. The molecule has 2 rings (SSSR count). The minimum atomic E-state index is -0.160. The van der Waals surface area contributed by atoms with Crippen molar-refractivity contribution in [2.24, 2.45) is 5.92 Å². The van der Waals surface area contributed by atoms with Gasteiger partial charge >= 0.3 is 0 Å². The second kappa shape index (κ2) is 8.25. The number of hydrogen-bond acceptors (Lipinski definition) is 3. The predicted octanol–water partition coefficient (Wildman–Crippen LogP) is 2.33. The second-order valence-electron chi connectivity index (χ2n) is 5.58. The van der Waals surface area contributed by atoms with Crippen molar-refractivity contribution in [1.29, 1.82) is 0 Å². The molecule has 1 aliphatic heterocycles. The van der Waals surface area contributed by atoms with Crippen molar-refractivity contribution in [1.82, 2.24) is 10.6 Å². The normalized spacial score (nSPS) is 22.8. The fraction of sp³-hybridized carbons (Fsp3) is 0.562. The van der Waals surface area contributed by atoms with Crippen LogP contribution in [0.1, 0.15) is 31.7 Å². The minimum absolute atomic E-state index is 0. The molecule has 3 atom stereocenters. The Labute approximate surface area is 133 Å². The van der Waals surface area contributed by atoms with Crippen LogP contribution in [0.2, 0.25) is 0 Å². The number of hydrogen-bond donors (Lipinski definition) is 2. The van der Waals surface area contributed by atoms with Crippen LogP contribution >= 0.6 is 12.4 Å². The van der Waals surface area contributed by atoms with E-state index in [4.69, 9.17) is 4.74 Å². The molecule has 0 aliphatic carbocycles. The summed E-state index contributed by atoms with van der Waals surface area (Å²) in [6, 6.07) is 7.99. The monoisotopic (exact) mass is 312 g/mol. The number of benzene rings is 1. The first-order chi connectivity index (χ1) is 9.61. The van der Waals surface area contributed by atoms with Crippen molar-refractivity contribution in [3.05, 3.63) is 29.8 Å². The fourth-order valence-corrected chi connectivity index (χ4v) is 2.60. The summed E-state index contributed by atoms with van der Waals surface area (Å²) >= 11 is 0. The third kappa shape index (κ3) is 4.61. The zero-order valence-electron chi connectivity index (χ0n) is 12.9. The first-order valence-electron chi connectivity index (χ1n) is 7.27. The summed E-state index contributed by atoms with van der Waals surface area (Å²) in [6.07, 6.45) is 0.998. The number of halogens is 1. The molecule has 1 aromatic rings. The van der Waals surface area contributed by atoms with Gasteiger partial charge in [-0.3, -0.25) is 4.79 Å². The van der Waals surface area contributed by atoms with Crippen LogP contribution in [0.15, 0.2) is 24.3 Å². The van der Waals surface area contributed by atoms with Gasteiger partial charge in [0.2, 0.25) is 5.91 Å². The average molecular weight is 313 g/mol. The summed E-state index contributed by atoms with van der Waals surface area (Å²) in [7, 11) is 1.64. The smallest absolute Gasteiger partial charge is 0.227 e. The van der Waals surface area contributed by atoms with Gasteiger partial charge in [-0.05, 0) is 50.0 Å². The van der Waals surface area contributed by atoms with Gasteiger partial charge in [-0.25, -0.2) is 0 Å². The highest BCUT2D eigenvalue weighted by atomic mass is 35.5. The van der Waals surface area contributed by atoms with Crippen LogP contribution in [0.25, 0.3) is 0 Å². The van der Waals surface area contributed by atoms with Gasteiger partial charge in [-0.1, -0.05) is 19.1 Å². The topological polar surface area (TPSA) is 50.4 Å². The minimum Gasteiger partial charge on any atom is -0.497 e. The van der Waals surface area contributed by atoms with Gasteiger partial charge in [-0.15, -0.1) is 12.4 Å². The zero-order valence-corrected chi connectivity index (χ0v) is 13.7. The van der Waals surface area contributed by atoms with Crippen LogP contribution in [-0.2, 0) is 4.79 Å². The van der Waals surface area contributed by atoms with E-state index in [1.807, 2.05) is 31.2 Å². The highest BCUT2D eigenvalue weighted by Crippen LogP contribution is 2.21. The van der Waals surface area contributed by atoms with Crippen LogP contribution in [-0.4, -0.2) is 32.1 Å². The van der Waals surface area contributed by atoms with Crippen molar-refractivity contribution in [2.75, 3.05) is 20.2 Å². The molecular formula is C16H25ClN2O2. The van der Waals surface area contributed by atoms with E-state index >= 15 is 0 Å². The summed E-state index contributed by atoms with van der Waals surface area (Å²) in [5.41, 5.74) is 0.989. The Morgan fingerprint density at radius 2 is 2.24 bits per heavy atom. The third-order valence-corrected chi connectivity index (χ3v) is 4.10. The number of nitrogens with one attached hydrogen (secondary N) is 2. The molecule has 1 fully saturated rings. The highest BCUT2D eigenvalue weighted by molar-refractivity contribution is 5.85. The molecule has 1 aliphatic rings. The quantitative estimate of drug-likeness (QED) is 0.897. The van der Waals surface area contributed by atoms with Crippen molar-refractivity contribution in [3.63, 3.8) is 0 Å². The largest absolute Gasteiger partial charge is 0.497 e. The Kier molecular flexibility index (Phi) is 6.99. The SMILES string of the molecule is COc1cccc(C(C)C(=O)NC2CCNCC2C)c1.Cl. The number of piperidine rings is 1. The van der Waals surface area contributed by atoms with E-state index in [1.54, 1.807) is 7.11 Å². The number of carbonyl (C=O) groups excluding carboxylic acids is 1. The summed E-state index contributed by atoms with van der Waals surface area (Å²) in [5, 5.41) is 6.53. The molecule has 1 amide bonds. The van der Waals surface area contributed by atoms with E-state index in [1.165, 1.54) is 0 Å². The average Bonchev–Trinajstić information content (AvgIpc) is 2.48. The van der Waals surface area contributed by atoms with Crippen molar-refractivity contribution in [2.45, 2.75) is 32.2 Å². The summed E-state index contributed by atoms with van der Waals surface area (Å²) in [6.45, 7) is 6.06. The lowest BCUT2D eigenvalue weighted by atomic mass is 9.93. The molecule has 1 heterocycles. The Morgan fingerprint density at radius 3 is 2.90 bits per heavy atom. The highest BCUT2D eigenvalue weighted by Gasteiger charge is 2.25. The lowest BCUT2D eigenvalue weighted by Crippen LogP contribution is -2.49. The van der Waals surface area contributed by atoms with Crippen LogP contribution in [0.4, 0.5) is 0 Å². The fourth-order valence-electron chi connectivity index (χ4n) is 2.60. The van der Waals surface area contributed by atoms with Gasteiger partial charge in [0.1, 0.15) is 5.75 Å². The molecule has 5 heteroatoms. The maximum atomic E-state index is 12.4. The molecule has 118 valence electrons. The van der Waals surface area contributed by atoms with Crippen LogP contribution in [0.5, 0.6) is 5.75 Å². The van der Waals surface area contributed by atoms with E-state index in [-0.39, 0.29) is 30.3 Å². The molecule has 4 nitrogen and oxygen atoms in total. The lowest BCUT2D eigenvalue weighted by molar-refractivity contribution is -0.123. The van der Waals surface area contributed by atoms with Gasteiger partial charge in [0.25, 0.3) is 0 Å². The molecule has 1 aromatic carbocycles. The van der Waals surface area contributed by atoms with Gasteiger partial charge in [0.15, 0.2) is 0 Å². The Bertz CT molecular complexity index is 467. The first-order valence-corrected chi connectivity index (χ1v) is 7.27. The van der Waals surface area contributed by atoms with Crippen molar-refractivity contribution in [3.8, 4) is 5.75 Å². The van der Waals surface area contributed by atoms with Gasteiger partial charge in [0.05, 0.1) is 13.0 Å². The van der Waals surface area contributed by atoms with E-state index < -0.39 is 0 Å². The molecule has 21 heavy (non-hydrogen) atoms. The molecule has 0 bridgehead atoms. The summed E-state index contributed by atoms with van der Waals surface area (Å²) < 4.78 is 5.21. The maximum absolute atomic E-state index is 12.4. The standard InChI is InChI=1S/C16H24N2O2.ClH/c1-11-10-17-8-7-15(11)18-16(19)12(2)13-5-4-6-14(9-13)20-3;/h4-6,9,11-12,15,17H,7-8,10H2,1-3H3,(H,18,19);1H. The Hall–Kier alpha value is -1.26. The molecule has 0 spiro atoms. The van der Waals surface area contributed by atoms with Gasteiger partial charge in [-0.2, -0.15) is 0 Å². The molecule has 3 unspecified atom stereocenters. The van der Waals surface area contributed by atoms with Gasteiger partial charge in [0, 0.05) is 6.04 Å². The molecule has 0 radical (unpaired) electrons. The van der Waals surface area contributed by atoms with Crippen LogP contribution in [0.3, 0.4) is 0 Å². The Balaban J connectivity index is 0.00000220. The number of carbonyl (C=O) groups is 1. The van der Waals surface area contributed by atoms with E-state index in [0.29, 0.717) is 5.92 Å². The van der Waals surface area contributed by atoms with E-state index in [0.717, 1.165) is 30.8 Å². The van der Waals surface area contributed by atoms with Gasteiger partial charge < -0.3 is 15.4 Å². The van der Waals surface area contributed by atoms with Crippen LogP contribution in [0, 0.1) is 5.92 Å². The number of amides is 1. The molecular weight excluding hydrogens is 288 g/mol. The van der Waals surface area contributed by atoms with Crippen LogP contribution < -0.4 is 15.4 Å². The van der Waals surface area contributed by atoms with E-state index in [9.17, 15) is 4.79 Å². The lowest BCUT2D eigenvalue weighted by Gasteiger charge is -2.31. The first kappa shape index (κ1) is 17.8. The third-order valence-electron chi connectivity index (χ3n) is 4.10. The number of rotatable bonds is 4. The number of methoxy groups -OCH3 is 1.